The minimum Gasteiger partial charge on any atom is -0.454 e. The van der Waals surface area contributed by atoms with Gasteiger partial charge >= 0.3 is 5.97 Å². The van der Waals surface area contributed by atoms with Gasteiger partial charge in [0.2, 0.25) is 0 Å². The smallest absolute Gasteiger partial charge is 0.329 e. The Morgan fingerprint density at radius 1 is 1.09 bits per heavy atom. The normalized spacial score (nSPS) is 12.1. The van der Waals surface area contributed by atoms with E-state index in [-0.39, 0.29) is 11.1 Å². The fourth-order valence-electron chi connectivity index (χ4n) is 2.99. The zero-order valence-electron chi connectivity index (χ0n) is 19.7. The summed E-state index contributed by atoms with van der Waals surface area (Å²) in [5.74, 6) is -1.74. The molecule has 33 heavy (non-hydrogen) atoms. The second-order valence-corrected chi connectivity index (χ2v) is 9.76. The summed E-state index contributed by atoms with van der Waals surface area (Å²) in [6.45, 7) is 7.40. The van der Waals surface area contributed by atoms with Crippen molar-refractivity contribution in [1.82, 2.24) is 5.32 Å². The van der Waals surface area contributed by atoms with E-state index >= 15 is 0 Å². The van der Waals surface area contributed by atoms with Crippen molar-refractivity contribution in [3.63, 3.8) is 0 Å². The van der Waals surface area contributed by atoms with Gasteiger partial charge in [-0.05, 0) is 66.2 Å². The number of thioether (sulfide) groups is 1. The van der Waals surface area contributed by atoms with Crippen molar-refractivity contribution in [2.24, 2.45) is 0 Å². The lowest BCUT2D eigenvalue weighted by Crippen LogP contribution is -2.43. The molecule has 2 amide bonds. The van der Waals surface area contributed by atoms with Crippen molar-refractivity contribution in [2.45, 2.75) is 45.6 Å². The number of rotatable bonds is 9. The second-order valence-electron chi connectivity index (χ2n) is 8.77. The van der Waals surface area contributed by atoms with Gasteiger partial charge in [0, 0.05) is 5.56 Å². The first-order valence-corrected chi connectivity index (χ1v) is 12.0. The number of anilines is 1. The zero-order valence-corrected chi connectivity index (χ0v) is 20.5. The molecule has 8 heteroatoms. The van der Waals surface area contributed by atoms with E-state index in [1.807, 2.05) is 18.4 Å². The van der Waals surface area contributed by atoms with Crippen LogP contribution in [-0.2, 0) is 19.7 Å². The van der Waals surface area contributed by atoms with Crippen molar-refractivity contribution in [2.75, 3.05) is 23.9 Å². The number of amides is 2. The van der Waals surface area contributed by atoms with Gasteiger partial charge in [0.25, 0.3) is 11.8 Å². The Kier molecular flexibility index (Phi) is 9.46. The third kappa shape index (κ3) is 8.20. The first kappa shape index (κ1) is 26.4. The molecule has 0 aliphatic heterocycles. The zero-order chi connectivity index (χ0) is 24.6. The fourth-order valence-corrected chi connectivity index (χ4v) is 3.46. The highest BCUT2D eigenvalue weighted by molar-refractivity contribution is 7.98. The van der Waals surface area contributed by atoms with Gasteiger partial charge < -0.3 is 15.4 Å². The van der Waals surface area contributed by atoms with E-state index in [4.69, 9.17) is 4.74 Å². The van der Waals surface area contributed by atoms with Crippen molar-refractivity contribution in [3.8, 4) is 0 Å². The molecule has 0 aromatic heterocycles. The molecule has 0 bridgehead atoms. The lowest BCUT2D eigenvalue weighted by molar-refractivity contribution is -0.149. The van der Waals surface area contributed by atoms with Crippen molar-refractivity contribution < 1.29 is 23.5 Å². The Bertz CT molecular complexity index is 987. The number of nitrogens with one attached hydrogen (secondary N) is 2. The van der Waals surface area contributed by atoms with Crippen molar-refractivity contribution in [1.29, 1.82) is 0 Å². The minimum atomic E-state index is -0.906. The van der Waals surface area contributed by atoms with Crippen molar-refractivity contribution in [3.05, 3.63) is 65.0 Å². The predicted molar refractivity (Wildman–Crippen MR) is 130 cm³/mol. The summed E-state index contributed by atoms with van der Waals surface area (Å²) in [4.78, 5) is 37.4. The highest BCUT2D eigenvalue weighted by Gasteiger charge is 2.24. The number of benzene rings is 2. The molecule has 0 radical (unpaired) electrons. The molecular weight excluding hydrogens is 443 g/mol. The van der Waals surface area contributed by atoms with Crippen LogP contribution < -0.4 is 10.6 Å². The summed E-state index contributed by atoms with van der Waals surface area (Å²) >= 11 is 1.52. The summed E-state index contributed by atoms with van der Waals surface area (Å²) < 4.78 is 19.0. The molecular formula is C25H31FN2O4S. The lowest BCUT2D eigenvalue weighted by atomic mass is 9.86. The highest BCUT2D eigenvalue weighted by Crippen LogP contribution is 2.22. The molecule has 0 saturated carbocycles. The highest BCUT2D eigenvalue weighted by atomic mass is 32.2. The van der Waals surface area contributed by atoms with Crippen LogP contribution in [0, 0.1) is 12.7 Å². The maximum absolute atomic E-state index is 13.9. The van der Waals surface area contributed by atoms with E-state index in [9.17, 15) is 18.8 Å². The molecule has 0 aliphatic rings. The topological polar surface area (TPSA) is 84.5 Å². The molecule has 2 aromatic rings. The number of halogens is 1. The van der Waals surface area contributed by atoms with Crippen LogP contribution in [0.4, 0.5) is 10.1 Å². The largest absolute Gasteiger partial charge is 0.454 e. The summed E-state index contributed by atoms with van der Waals surface area (Å²) in [5.41, 5.74) is 2.21. The van der Waals surface area contributed by atoms with E-state index in [1.165, 1.54) is 23.9 Å². The minimum absolute atomic E-state index is 0.00703. The summed E-state index contributed by atoms with van der Waals surface area (Å²) in [7, 11) is 0. The predicted octanol–water partition coefficient (Wildman–Crippen LogP) is 4.47. The van der Waals surface area contributed by atoms with E-state index in [0.717, 1.165) is 11.1 Å². The summed E-state index contributed by atoms with van der Waals surface area (Å²) in [6.07, 6.45) is 2.24. The molecule has 0 aliphatic carbocycles. The number of hydrogen-bond acceptors (Lipinski definition) is 5. The summed E-state index contributed by atoms with van der Waals surface area (Å²) in [5, 5.41) is 5.07. The van der Waals surface area contributed by atoms with Gasteiger partial charge in [-0.15, -0.1) is 0 Å². The van der Waals surface area contributed by atoms with E-state index in [1.54, 1.807) is 25.1 Å². The number of esters is 1. The van der Waals surface area contributed by atoms with Crippen LogP contribution in [0.15, 0.2) is 42.5 Å². The van der Waals surface area contributed by atoms with Gasteiger partial charge in [0.15, 0.2) is 6.61 Å². The van der Waals surface area contributed by atoms with Gasteiger partial charge in [-0.3, -0.25) is 9.59 Å². The average molecular weight is 475 g/mol. The monoisotopic (exact) mass is 474 g/mol. The molecule has 1 unspecified atom stereocenters. The molecule has 178 valence electrons. The quantitative estimate of drug-likeness (QED) is 0.524. The molecule has 2 rings (SSSR count). The SMILES string of the molecule is CSCCC(NC(=O)c1ccc(C(C)(C)C)cc1)C(=O)OCC(=O)Nc1ccc(C)cc1F. The second kappa shape index (κ2) is 11.8. The standard InChI is InChI=1S/C25H31FN2O4S/c1-16-6-11-20(19(26)14-16)27-22(29)15-32-24(31)21(12-13-33-5)28-23(30)17-7-9-18(10-8-17)25(2,3)4/h6-11,14,21H,12-13,15H2,1-5H3,(H,27,29)(H,28,30). The van der Waals surface area contributed by atoms with E-state index in [2.05, 4.69) is 31.4 Å². The Morgan fingerprint density at radius 2 is 1.76 bits per heavy atom. The maximum Gasteiger partial charge on any atom is 0.329 e. The number of carbonyl (C=O) groups is 3. The summed E-state index contributed by atoms with van der Waals surface area (Å²) in [6, 6.07) is 10.7. The van der Waals surface area contributed by atoms with Crippen LogP contribution in [0.5, 0.6) is 0 Å². The molecule has 6 nitrogen and oxygen atoms in total. The Morgan fingerprint density at radius 3 is 2.33 bits per heavy atom. The first-order valence-electron chi connectivity index (χ1n) is 10.6. The third-order valence-corrected chi connectivity index (χ3v) is 5.60. The van der Waals surface area contributed by atoms with Crippen molar-refractivity contribution >= 4 is 35.2 Å². The van der Waals surface area contributed by atoms with Crippen LogP contribution >= 0.6 is 11.8 Å². The molecule has 1 atom stereocenters. The van der Waals surface area contributed by atoms with E-state index < -0.39 is 36.2 Å². The van der Waals surface area contributed by atoms with Crippen LogP contribution in [0.3, 0.4) is 0 Å². The van der Waals surface area contributed by atoms with E-state index in [0.29, 0.717) is 17.7 Å². The number of carbonyl (C=O) groups excluding carboxylic acids is 3. The van der Waals surface area contributed by atoms with Crippen LogP contribution in [-0.4, -0.2) is 42.4 Å². The Hall–Kier alpha value is -2.87. The van der Waals surface area contributed by atoms with Crippen LogP contribution in [0.1, 0.15) is 48.7 Å². The Balaban J connectivity index is 1.97. The molecule has 0 spiro atoms. The van der Waals surface area contributed by atoms with Gasteiger partial charge in [-0.25, -0.2) is 9.18 Å². The maximum atomic E-state index is 13.9. The lowest BCUT2D eigenvalue weighted by Gasteiger charge is -2.20. The van der Waals surface area contributed by atoms with Crippen LogP contribution in [0.25, 0.3) is 0 Å². The van der Waals surface area contributed by atoms with Gasteiger partial charge in [-0.1, -0.05) is 39.0 Å². The molecule has 2 N–H and O–H groups in total. The molecule has 0 saturated heterocycles. The van der Waals surface area contributed by atoms with Gasteiger partial charge in [0.05, 0.1) is 5.69 Å². The number of aryl methyl sites for hydroxylation is 1. The number of hydrogen-bond donors (Lipinski definition) is 2. The third-order valence-electron chi connectivity index (χ3n) is 4.96. The van der Waals surface area contributed by atoms with Gasteiger partial charge in [-0.2, -0.15) is 11.8 Å². The van der Waals surface area contributed by atoms with Gasteiger partial charge in [0.1, 0.15) is 11.9 Å². The number of ether oxygens (including phenoxy) is 1. The average Bonchev–Trinajstić information content (AvgIpc) is 2.76. The molecule has 0 heterocycles. The molecule has 0 fully saturated rings. The first-order chi connectivity index (χ1) is 15.5. The fraction of sp³-hybridized carbons (Fsp3) is 0.400. The molecule has 2 aromatic carbocycles. The van der Waals surface area contributed by atoms with Crippen LogP contribution in [0.2, 0.25) is 0 Å². The Labute approximate surface area is 198 Å².